The highest BCUT2D eigenvalue weighted by molar-refractivity contribution is 14.1. The minimum Gasteiger partial charge on any atom is -0.393 e. The zero-order valence-electron chi connectivity index (χ0n) is 20.0. The molecule has 0 radical (unpaired) electrons. The van der Waals surface area contributed by atoms with Crippen molar-refractivity contribution in [2.75, 3.05) is 0 Å². The maximum absolute atomic E-state index is 10.3. The van der Waals surface area contributed by atoms with Gasteiger partial charge in [-0.2, -0.15) is 0 Å². The van der Waals surface area contributed by atoms with Crippen LogP contribution in [0.5, 0.6) is 0 Å². The van der Waals surface area contributed by atoms with Crippen molar-refractivity contribution in [3.63, 3.8) is 0 Å². The van der Waals surface area contributed by atoms with E-state index in [0.717, 1.165) is 48.9 Å². The molecule has 3 fully saturated rings. The first-order valence-corrected chi connectivity index (χ1v) is 13.8. The number of aliphatic hydroxyl groups is 1. The van der Waals surface area contributed by atoms with E-state index in [1.54, 1.807) is 0 Å². The molecule has 9 atom stereocenters. The molecule has 0 aromatic heterocycles. The molecule has 3 saturated carbocycles. The number of rotatable bonds is 6. The van der Waals surface area contributed by atoms with Crippen molar-refractivity contribution >= 4 is 23.0 Å². The van der Waals surface area contributed by atoms with Crippen LogP contribution >= 0.6 is 23.0 Å². The monoisotopic (exact) mass is 528 g/mol. The Morgan fingerprint density at radius 2 is 1.83 bits per heavy atom. The van der Waals surface area contributed by atoms with Gasteiger partial charge in [0.2, 0.25) is 0 Å². The number of hydrogen-bond acceptors (Lipinski definition) is 2. The Kier molecular flexibility index (Phi) is 7.04. The maximum atomic E-state index is 10.3. The molecule has 4 rings (SSSR count). The predicted molar refractivity (Wildman–Crippen MR) is 133 cm³/mol. The van der Waals surface area contributed by atoms with E-state index in [2.05, 4.69) is 63.7 Å². The fourth-order valence-electron chi connectivity index (χ4n) is 8.71. The first-order chi connectivity index (χ1) is 14.2. The van der Waals surface area contributed by atoms with Crippen LogP contribution in [0.2, 0.25) is 0 Å². The second kappa shape index (κ2) is 8.97. The number of aliphatic hydroxyl groups excluding tert-OH is 1. The average Bonchev–Trinajstić information content (AvgIpc) is 3.05. The molecule has 0 unspecified atom stereocenters. The molecule has 0 heterocycles. The molecule has 30 heavy (non-hydrogen) atoms. The van der Waals surface area contributed by atoms with Gasteiger partial charge < -0.3 is 8.17 Å². The molecule has 0 aliphatic heterocycles. The van der Waals surface area contributed by atoms with Crippen LogP contribution < -0.4 is 0 Å². The SMILES string of the molecule is CC(C)CCC[C@@H](C)[C@H]1CC[C@H]2[C@@H]3[C@H](OI)C=C4C[C@@H](O)CC[C@]4(C)[C@H]3CC[C@]12C. The molecular formula is C27H45IO2. The average molecular weight is 529 g/mol. The maximum Gasteiger partial charge on any atom is 0.110 e. The topological polar surface area (TPSA) is 29.5 Å². The summed E-state index contributed by atoms with van der Waals surface area (Å²) in [5.74, 6) is 4.77. The van der Waals surface area contributed by atoms with Crippen LogP contribution in [0.3, 0.4) is 0 Å². The summed E-state index contributed by atoms with van der Waals surface area (Å²) in [6.45, 7) is 12.5. The second-order valence-corrected chi connectivity index (χ2v) is 12.9. The molecule has 4 aliphatic rings. The van der Waals surface area contributed by atoms with E-state index in [0.29, 0.717) is 11.3 Å². The minimum absolute atomic E-state index is 0.146. The molecule has 0 spiro atoms. The van der Waals surface area contributed by atoms with Gasteiger partial charge in [-0.3, -0.25) is 0 Å². The van der Waals surface area contributed by atoms with Crippen molar-refractivity contribution in [1.29, 1.82) is 0 Å². The quantitative estimate of drug-likeness (QED) is 0.282. The Morgan fingerprint density at radius 1 is 1.07 bits per heavy atom. The highest BCUT2D eigenvalue weighted by Crippen LogP contribution is 2.67. The van der Waals surface area contributed by atoms with Gasteiger partial charge in [0, 0.05) is 0 Å². The highest BCUT2D eigenvalue weighted by Gasteiger charge is 2.61. The van der Waals surface area contributed by atoms with E-state index in [1.165, 1.54) is 50.5 Å². The summed E-state index contributed by atoms with van der Waals surface area (Å²) in [4.78, 5) is 0. The van der Waals surface area contributed by atoms with Crippen molar-refractivity contribution in [1.82, 2.24) is 0 Å². The molecular weight excluding hydrogens is 483 g/mol. The summed E-state index contributed by atoms with van der Waals surface area (Å²) in [6.07, 6.45) is 15.3. The Morgan fingerprint density at radius 3 is 2.53 bits per heavy atom. The van der Waals surface area contributed by atoms with Crippen LogP contribution in [-0.4, -0.2) is 17.3 Å². The van der Waals surface area contributed by atoms with Crippen LogP contribution in [0.1, 0.15) is 98.8 Å². The number of hydrogen-bond donors (Lipinski definition) is 1. The summed E-state index contributed by atoms with van der Waals surface area (Å²) in [7, 11) is 0. The third kappa shape index (κ3) is 3.95. The molecule has 1 N–H and O–H groups in total. The predicted octanol–water partition coefficient (Wildman–Crippen LogP) is 7.73. The van der Waals surface area contributed by atoms with Gasteiger partial charge in [-0.25, -0.2) is 0 Å². The first-order valence-electron chi connectivity index (χ1n) is 12.9. The van der Waals surface area contributed by atoms with Crippen LogP contribution in [0.4, 0.5) is 0 Å². The Hall–Kier alpha value is 0.390. The van der Waals surface area contributed by atoms with E-state index >= 15 is 0 Å². The van der Waals surface area contributed by atoms with Crippen molar-refractivity contribution < 1.29 is 8.17 Å². The molecule has 0 saturated heterocycles. The summed E-state index contributed by atoms with van der Waals surface area (Å²) in [5.41, 5.74) is 2.28. The van der Waals surface area contributed by atoms with Crippen molar-refractivity contribution in [3.05, 3.63) is 11.6 Å². The van der Waals surface area contributed by atoms with Gasteiger partial charge >= 0.3 is 0 Å². The molecule has 0 aromatic rings. The van der Waals surface area contributed by atoms with Gasteiger partial charge in [0.05, 0.1) is 12.2 Å². The van der Waals surface area contributed by atoms with Gasteiger partial charge in [0.1, 0.15) is 23.0 Å². The van der Waals surface area contributed by atoms with Gasteiger partial charge in [0.25, 0.3) is 0 Å². The second-order valence-electron chi connectivity index (χ2n) is 12.4. The Bertz CT molecular complexity index is 645. The lowest BCUT2D eigenvalue weighted by Crippen LogP contribution is -2.55. The number of halogens is 1. The van der Waals surface area contributed by atoms with Crippen LogP contribution in [0.15, 0.2) is 11.6 Å². The Balaban J connectivity index is 1.56. The molecule has 0 aromatic carbocycles. The minimum atomic E-state index is -0.146. The molecule has 0 bridgehead atoms. The lowest BCUT2D eigenvalue weighted by Gasteiger charge is -2.59. The zero-order valence-corrected chi connectivity index (χ0v) is 22.2. The van der Waals surface area contributed by atoms with Gasteiger partial charge in [-0.1, -0.05) is 65.5 Å². The summed E-state index contributed by atoms with van der Waals surface area (Å²) < 4.78 is 6.14. The van der Waals surface area contributed by atoms with E-state index in [1.807, 2.05) is 0 Å². The van der Waals surface area contributed by atoms with E-state index < -0.39 is 0 Å². The van der Waals surface area contributed by atoms with Gasteiger partial charge in [-0.15, -0.1) is 0 Å². The molecule has 2 nitrogen and oxygen atoms in total. The summed E-state index contributed by atoms with van der Waals surface area (Å²) >= 11 is 2.16. The Labute approximate surface area is 199 Å². The van der Waals surface area contributed by atoms with Gasteiger partial charge in [0.15, 0.2) is 0 Å². The molecule has 0 amide bonds. The number of fused-ring (bicyclic) bond motifs is 5. The van der Waals surface area contributed by atoms with E-state index in [9.17, 15) is 5.11 Å². The normalized spacial score (nSPS) is 46.7. The zero-order chi connectivity index (χ0) is 21.7. The standard InChI is InChI=1S/C27H45IO2/c1-17(2)7-6-8-18(3)21-9-10-22-25-23(12-14-27(21,22)5)26(4)13-11-20(29)15-19(26)16-24(25)30-28/h16-18,20-25,29H,6-15H2,1-5H3/t18-,20+,21-,22+,23+,24-,25+,26+,27-/m1/s1. The van der Waals surface area contributed by atoms with Crippen LogP contribution in [-0.2, 0) is 3.07 Å². The first kappa shape index (κ1) is 23.5. The fraction of sp³-hybridized carbons (Fsp3) is 0.926. The molecule has 3 heteroatoms. The highest BCUT2D eigenvalue weighted by atomic mass is 127. The third-order valence-electron chi connectivity index (χ3n) is 10.4. The van der Waals surface area contributed by atoms with Crippen LogP contribution in [0.25, 0.3) is 0 Å². The van der Waals surface area contributed by atoms with Crippen LogP contribution in [0, 0.1) is 46.3 Å². The van der Waals surface area contributed by atoms with E-state index in [-0.39, 0.29) is 17.6 Å². The third-order valence-corrected chi connectivity index (χ3v) is 11.0. The smallest absolute Gasteiger partial charge is 0.110 e. The lowest BCUT2D eigenvalue weighted by molar-refractivity contribution is -0.0848. The van der Waals surface area contributed by atoms with E-state index in [4.69, 9.17) is 3.07 Å². The van der Waals surface area contributed by atoms with Crippen molar-refractivity contribution in [3.8, 4) is 0 Å². The molecule has 4 aliphatic carbocycles. The fourth-order valence-corrected chi connectivity index (χ4v) is 9.20. The van der Waals surface area contributed by atoms with Gasteiger partial charge in [-0.05, 0) is 91.3 Å². The lowest BCUT2D eigenvalue weighted by atomic mass is 9.46. The summed E-state index contributed by atoms with van der Waals surface area (Å²) in [5, 5.41) is 10.3. The van der Waals surface area contributed by atoms with Crippen molar-refractivity contribution in [2.45, 2.75) is 111 Å². The summed E-state index contributed by atoms with van der Waals surface area (Å²) in [6, 6.07) is 0. The largest absolute Gasteiger partial charge is 0.393 e. The molecule has 172 valence electrons. The van der Waals surface area contributed by atoms with Crippen molar-refractivity contribution in [2.24, 2.45) is 46.3 Å².